The normalized spacial score (nSPS) is 19.4. The number of carbonyl (C=O) groups is 1. The van der Waals surface area contributed by atoms with E-state index in [-0.39, 0.29) is 11.2 Å². The summed E-state index contributed by atoms with van der Waals surface area (Å²) in [7, 11) is 0. The first-order chi connectivity index (χ1) is 8.17. The van der Waals surface area contributed by atoms with Gasteiger partial charge in [0.05, 0.1) is 16.4 Å². The molecule has 1 heterocycles. The van der Waals surface area contributed by atoms with E-state index in [0.717, 1.165) is 17.0 Å². The van der Waals surface area contributed by atoms with E-state index < -0.39 is 0 Å². The lowest BCUT2D eigenvalue weighted by molar-refractivity contribution is -0.117. The number of rotatable bonds is 3. The predicted octanol–water partition coefficient (Wildman–Crippen LogP) is 2.37. The smallest absolute Gasteiger partial charge is 0.240 e. The van der Waals surface area contributed by atoms with Crippen molar-refractivity contribution in [3.63, 3.8) is 0 Å². The molecule has 1 aliphatic heterocycles. The van der Waals surface area contributed by atoms with E-state index in [4.69, 9.17) is 5.73 Å². The topological polar surface area (TPSA) is 46.3 Å². The van der Waals surface area contributed by atoms with E-state index in [1.165, 1.54) is 5.56 Å². The zero-order chi connectivity index (χ0) is 12.4. The maximum atomic E-state index is 12.0. The van der Waals surface area contributed by atoms with Crippen molar-refractivity contribution in [2.45, 2.75) is 23.5 Å². The lowest BCUT2D eigenvalue weighted by Gasteiger charge is -2.31. The second-order valence-electron chi connectivity index (χ2n) is 3.99. The van der Waals surface area contributed by atoms with Crippen molar-refractivity contribution in [2.75, 3.05) is 16.9 Å². The third-order valence-electron chi connectivity index (χ3n) is 2.78. The Morgan fingerprint density at radius 3 is 2.94 bits per heavy atom. The van der Waals surface area contributed by atoms with Gasteiger partial charge in [-0.05, 0) is 37.6 Å². The number of benzene rings is 1. The maximum absolute atomic E-state index is 12.0. The van der Waals surface area contributed by atoms with Crippen LogP contribution in [0.25, 0.3) is 0 Å². The van der Waals surface area contributed by atoms with E-state index in [0.29, 0.717) is 12.0 Å². The zero-order valence-corrected chi connectivity index (χ0v) is 12.1. The molecule has 1 amide bonds. The summed E-state index contributed by atoms with van der Waals surface area (Å²) in [5.74, 6) is 0.157. The zero-order valence-electron chi connectivity index (χ0n) is 9.65. The average Bonchev–Trinajstić information content (AvgIpc) is 2.32. The molecule has 1 aromatic carbocycles. The monoisotopic (exact) mass is 314 g/mol. The van der Waals surface area contributed by atoms with Gasteiger partial charge in [0.1, 0.15) is 0 Å². The molecule has 1 unspecified atom stereocenters. The minimum atomic E-state index is -0.0135. The van der Waals surface area contributed by atoms with Crippen molar-refractivity contribution in [3.8, 4) is 0 Å². The highest BCUT2D eigenvalue weighted by molar-refractivity contribution is 9.09. The fourth-order valence-corrected chi connectivity index (χ4v) is 3.46. The van der Waals surface area contributed by atoms with Crippen LogP contribution in [0.3, 0.4) is 0 Å². The van der Waals surface area contributed by atoms with Gasteiger partial charge in [-0.3, -0.25) is 9.69 Å². The molecule has 0 saturated carbocycles. The number of halogens is 1. The minimum absolute atomic E-state index is 0.0135. The molecule has 2 N–H and O–H groups in total. The van der Waals surface area contributed by atoms with Gasteiger partial charge in [-0.1, -0.05) is 22.0 Å². The van der Waals surface area contributed by atoms with Gasteiger partial charge in [-0.2, -0.15) is 0 Å². The van der Waals surface area contributed by atoms with Crippen LogP contribution >= 0.6 is 27.7 Å². The molecule has 1 aromatic rings. The third kappa shape index (κ3) is 2.51. The number of amides is 1. The van der Waals surface area contributed by atoms with Crippen LogP contribution in [0.4, 0.5) is 5.69 Å². The molecular formula is C12H15BrN2OS. The Labute approximate surface area is 114 Å². The molecule has 92 valence electrons. The van der Waals surface area contributed by atoms with Gasteiger partial charge in [-0.15, -0.1) is 11.8 Å². The highest BCUT2D eigenvalue weighted by Crippen LogP contribution is 2.39. The number of nitrogens with two attached hydrogens (primary N) is 1. The molecule has 0 aliphatic carbocycles. The van der Waals surface area contributed by atoms with Crippen LogP contribution < -0.4 is 10.6 Å². The number of alkyl halides is 1. The molecule has 2 rings (SSSR count). The van der Waals surface area contributed by atoms with Crippen LogP contribution in [-0.4, -0.2) is 23.2 Å². The van der Waals surface area contributed by atoms with Crippen molar-refractivity contribution in [3.05, 3.63) is 23.8 Å². The summed E-state index contributed by atoms with van der Waals surface area (Å²) in [6, 6.07) is 6.25. The van der Waals surface area contributed by atoms with Crippen LogP contribution in [0.2, 0.25) is 0 Å². The summed E-state index contributed by atoms with van der Waals surface area (Å²) in [5.41, 5.74) is 8.28. The summed E-state index contributed by atoms with van der Waals surface area (Å²) in [6.45, 7) is 2.57. The number of thioether (sulfide) groups is 1. The molecule has 0 bridgehead atoms. The summed E-state index contributed by atoms with van der Waals surface area (Å²) in [5, 5.41) is -0.0135. The Morgan fingerprint density at radius 2 is 2.29 bits per heavy atom. The first kappa shape index (κ1) is 12.9. The predicted molar refractivity (Wildman–Crippen MR) is 75.8 cm³/mol. The van der Waals surface area contributed by atoms with Crippen LogP contribution in [-0.2, 0) is 11.2 Å². The van der Waals surface area contributed by atoms with E-state index in [2.05, 4.69) is 34.1 Å². The molecule has 1 aliphatic rings. The van der Waals surface area contributed by atoms with Crippen LogP contribution in [0.1, 0.15) is 12.5 Å². The summed E-state index contributed by atoms with van der Waals surface area (Å²) >= 11 is 5.01. The second-order valence-corrected chi connectivity index (χ2v) is 5.87. The lowest BCUT2D eigenvalue weighted by Crippen LogP contribution is -2.38. The number of hydrogen-bond donors (Lipinski definition) is 1. The van der Waals surface area contributed by atoms with E-state index >= 15 is 0 Å². The highest BCUT2D eigenvalue weighted by atomic mass is 79.9. The summed E-state index contributed by atoms with van der Waals surface area (Å²) in [4.78, 5) is 15.0. The molecule has 17 heavy (non-hydrogen) atoms. The van der Waals surface area contributed by atoms with Gasteiger partial charge < -0.3 is 5.73 Å². The van der Waals surface area contributed by atoms with Gasteiger partial charge in [0, 0.05) is 4.90 Å². The van der Waals surface area contributed by atoms with Crippen LogP contribution in [0.15, 0.2) is 23.1 Å². The molecule has 1 atom stereocenters. The quantitative estimate of drug-likeness (QED) is 0.688. The minimum Gasteiger partial charge on any atom is -0.330 e. The molecule has 0 spiro atoms. The molecular weight excluding hydrogens is 300 g/mol. The Balaban J connectivity index is 2.41. The fourth-order valence-electron chi connectivity index (χ4n) is 1.90. The number of fused-ring (bicyclic) bond motifs is 1. The summed E-state index contributed by atoms with van der Waals surface area (Å²) < 4.78 is 0. The molecule has 0 radical (unpaired) electrons. The Kier molecular flexibility index (Phi) is 4.12. The Bertz CT molecular complexity index is 439. The SMILES string of the molecule is CC1Sc2ccc(CCN)cc2N(CBr)C1=O. The molecule has 0 saturated heterocycles. The van der Waals surface area contributed by atoms with Gasteiger partial charge in [0.15, 0.2) is 0 Å². The van der Waals surface area contributed by atoms with Crippen LogP contribution in [0, 0.1) is 0 Å². The van der Waals surface area contributed by atoms with E-state index in [1.54, 1.807) is 16.7 Å². The van der Waals surface area contributed by atoms with Crippen molar-refractivity contribution >= 4 is 39.3 Å². The second kappa shape index (κ2) is 5.42. The number of hydrogen-bond acceptors (Lipinski definition) is 3. The highest BCUT2D eigenvalue weighted by Gasteiger charge is 2.29. The molecule has 0 aromatic heterocycles. The van der Waals surface area contributed by atoms with Gasteiger partial charge in [-0.25, -0.2) is 0 Å². The van der Waals surface area contributed by atoms with Crippen molar-refractivity contribution in [2.24, 2.45) is 5.73 Å². The first-order valence-corrected chi connectivity index (χ1v) is 7.54. The number of nitrogens with zero attached hydrogens (tertiary/aromatic N) is 1. The third-order valence-corrected chi connectivity index (χ3v) is 4.44. The van der Waals surface area contributed by atoms with Crippen molar-refractivity contribution in [1.29, 1.82) is 0 Å². The standard InChI is InChI=1S/C12H15BrN2OS/c1-8-12(16)15(7-13)10-6-9(4-5-14)2-3-11(10)17-8/h2-3,6,8H,4-5,7,14H2,1H3. The first-order valence-electron chi connectivity index (χ1n) is 5.54. The summed E-state index contributed by atoms with van der Waals surface area (Å²) in [6.07, 6.45) is 0.845. The lowest BCUT2D eigenvalue weighted by atomic mass is 10.1. The number of carbonyl (C=O) groups excluding carboxylic acids is 1. The molecule has 3 nitrogen and oxygen atoms in total. The number of anilines is 1. The van der Waals surface area contributed by atoms with Gasteiger partial charge in [0.25, 0.3) is 0 Å². The van der Waals surface area contributed by atoms with Gasteiger partial charge in [0.2, 0.25) is 5.91 Å². The average molecular weight is 315 g/mol. The van der Waals surface area contributed by atoms with Crippen molar-refractivity contribution in [1.82, 2.24) is 0 Å². The fraction of sp³-hybridized carbons (Fsp3) is 0.417. The molecule has 0 fully saturated rings. The Hall–Kier alpha value is -0.520. The van der Waals surface area contributed by atoms with E-state index in [9.17, 15) is 4.79 Å². The van der Waals surface area contributed by atoms with Crippen molar-refractivity contribution < 1.29 is 4.79 Å². The maximum Gasteiger partial charge on any atom is 0.240 e. The largest absolute Gasteiger partial charge is 0.330 e. The molecule has 5 heteroatoms. The van der Waals surface area contributed by atoms with E-state index in [1.807, 2.05) is 6.92 Å². The Morgan fingerprint density at radius 1 is 1.53 bits per heavy atom. The van der Waals surface area contributed by atoms with Gasteiger partial charge >= 0.3 is 0 Å². The van der Waals surface area contributed by atoms with Crippen LogP contribution in [0.5, 0.6) is 0 Å².